The molecule has 0 heterocycles. The molecule has 3 nitrogen and oxygen atoms in total. The SMILES string of the molecule is CNC(C)(CCSCCC(C)C)C(=O)OC. The van der Waals surface area contributed by atoms with Crippen molar-refractivity contribution in [3.63, 3.8) is 0 Å². The number of carbonyl (C=O) groups is 1. The molecule has 0 saturated carbocycles. The number of ether oxygens (including phenoxy) is 1. The molecule has 0 aliphatic heterocycles. The van der Waals surface area contributed by atoms with Crippen molar-refractivity contribution in [2.75, 3.05) is 25.7 Å². The number of methoxy groups -OCH3 is 1. The number of hydrogen-bond donors (Lipinski definition) is 1. The van der Waals surface area contributed by atoms with E-state index in [1.807, 2.05) is 18.7 Å². The van der Waals surface area contributed by atoms with E-state index in [9.17, 15) is 4.79 Å². The maximum Gasteiger partial charge on any atom is 0.325 e. The first kappa shape index (κ1) is 15.8. The summed E-state index contributed by atoms with van der Waals surface area (Å²) in [5.41, 5.74) is -0.542. The lowest BCUT2D eigenvalue weighted by molar-refractivity contribution is -0.147. The van der Waals surface area contributed by atoms with Crippen molar-refractivity contribution in [1.29, 1.82) is 0 Å². The van der Waals surface area contributed by atoms with Gasteiger partial charge >= 0.3 is 5.97 Å². The lowest BCUT2D eigenvalue weighted by Gasteiger charge is -2.25. The second kappa shape index (κ2) is 7.96. The van der Waals surface area contributed by atoms with Crippen LogP contribution in [0.4, 0.5) is 0 Å². The van der Waals surface area contributed by atoms with Crippen LogP contribution in [0.25, 0.3) is 0 Å². The zero-order chi connectivity index (χ0) is 12.6. The normalized spacial score (nSPS) is 14.9. The number of nitrogens with one attached hydrogen (secondary N) is 1. The molecule has 0 amide bonds. The van der Waals surface area contributed by atoms with Crippen LogP contribution in [0.15, 0.2) is 0 Å². The average Bonchev–Trinajstić information content (AvgIpc) is 2.26. The van der Waals surface area contributed by atoms with Gasteiger partial charge in [-0.3, -0.25) is 4.79 Å². The van der Waals surface area contributed by atoms with E-state index in [0.717, 1.165) is 18.1 Å². The Morgan fingerprint density at radius 2 is 2.06 bits per heavy atom. The first-order chi connectivity index (χ1) is 7.46. The van der Waals surface area contributed by atoms with Crippen LogP contribution in [-0.4, -0.2) is 37.2 Å². The molecule has 0 spiro atoms. The van der Waals surface area contributed by atoms with Crippen LogP contribution in [0.2, 0.25) is 0 Å². The molecule has 1 unspecified atom stereocenters. The monoisotopic (exact) mass is 247 g/mol. The van der Waals surface area contributed by atoms with E-state index in [4.69, 9.17) is 4.74 Å². The number of hydrogen-bond acceptors (Lipinski definition) is 4. The Morgan fingerprint density at radius 1 is 1.44 bits per heavy atom. The lowest BCUT2D eigenvalue weighted by Crippen LogP contribution is -2.48. The Kier molecular flexibility index (Phi) is 7.85. The second-order valence-electron chi connectivity index (χ2n) is 4.62. The van der Waals surface area contributed by atoms with Gasteiger partial charge in [-0.25, -0.2) is 0 Å². The Hall–Kier alpha value is -0.220. The van der Waals surface area contributed by atoms with Gasteiger partial charge in [-0.15, -0.1) is 0 Å². The van der Waals surface area contributed by atoms with E-state index in [-0.39, 0.29) is 5.97 Å². The van der Waals surface area contributed by atoms with Crippen LogP contribution in [0.5, 0.6) is 0 Å². The van der Waals surface area contributed by atoms with Crippen molar-refractivity contribution in [3.05, 3.63) is 0 Å². The maximum absolute atomic E-state index is 11.5. The third kappa shape index (κ3) is 5.75. The van der Waals surface area contributed by atoms with Crippen LogP contribution in [0.3, 0.4) is 0 Å². The van der Waals surface area contributed by atoms with E-state index in [1.165, 1.54) is 19.3 Å². The lowest BCUT2D eigenvalue weighted by atomic mass is 10.00. The summed E-state index contributed by atoms with van der Waals surface area (Å²) in [4.78, 5) is 11.5. The average molecular weight is 247 g/mol. The van der Waals surface area contributed by atoms with Gasteiger partial charge < -0.3 is 10.1 Å². The van der Waals surface area contributed by atoms with Crippen molar-refractivity contribution in [3.8, 4) is 0 Å². The minimum Gasteiger partial charge on any atom is -0.468 e. The molecule has 0 rings (SSSR count). The molecular weight excluding hydrogens is 222 g/mol. The van der Waals surface area contributed by atoms with Crippen molar-refractivity contribution < 1.29 is 9.53 Å². The molecule has 0 aromatic carbocycles. The second-order valence-corrected chi connectivity index (χ2v) is 5.84. The quantitative estimate of drug-likeness (QED) is 0.528. The first-order valence-corrected chi connectivity index (χ1v) is 6.97. The fourth-order valence-electron chi connectivity index (χ4n) is 1.25. The highest BCUT2D eigenvalue weighted by atomic mass is 32.2. The van der Waals surface area contributed by atoms with Gasteiger partial charge in [0.1, 0.15) is 5.54 Å². The Labute approximate surface area is 104 Å². The number of thioether (sulfide) groups is 1. The third-order valence-electron chi connectivity index (χ3n) is 2.77. The summed E-state index contributed by atoms with van der Waals surface area (Å²) < 4.78 is 4.79. The maximum atomic E-state index is 11.5. The van der Waals surface area contributed by atoms with Crippen LogP contribution in [0, 0.1) is 5.92 Å². The summed E-state index contributed by atoms with van der Waals surface area (Å²) in [7, 11) is 3.24. The fraction of sp³-hybridized carbons (Fsp3) is 0.917. The topological polar surface area (TPSA) is 38.3 Å². The van der Waals surface area contributed by atoms with E-state index >= 15 is 0 Å². The minimum absolute atomic E-state index is 0.181. The van der Waals surface area contributed by atoms with Gasteiger partial charge in [0.15, 0.2) is 0 Å². The van der Waals surface area contributed by atoms with E-state index in [0.29, 0.717) is 0 Å². The molecule has 16 heavy (non-hydrogen) atoms. The first-order valence-electron chi connectivity index (χ1n) is 5.81. The van der Waals surface area contributed by atoms with Crippen LogP contribution >= 0.6 is 11.8 Å². The highest BCUT2D eigenvalue weighted by Gasteiger charge is 2.31. The summed E-state index contributed by atoms with van der Waals surface area (Å²) in [6.07, 6.45) is 2.04. The molecule has 0 fully saturated rings. The molecular formula is C12H25NO2S. The molecule has 4 heteroatoms. The van der Waals surface area contributed by atoms with Crippen LogP contribution in [0.1, 0.15) is 33.6 Å². The molecule has 0 aliphatic carbocycles. The van der Waals surface area contributed by atoms with Crippen molar-refractivity contribution in [2.24, 2.45) is 5.92 Å². The molecule has 1 N–H and O–H groups in total. The number of esters is 1. The molecule has 0 aromatic heterocycles. The predicted molar refractivity (Wildman–Crippen MR) is 70.9 cm³/mol. The van der Waals surface area contributed by atoms with Gasteiger partial charge in [-0.05, 0) is 44.2 Å². The van der Waals surface area contributed by atoms with Gasteiger partial charge in [-0.1, -0.05) is 13.8 Å². The highest BCUT2D eigenvalue weighted by molar-refractivity contribution is 7.99. The molecule has 96 valence electrons. The zero-order valence-electron chi connectivity index (χ0n) is 11.1. The Morgan fingerprint density at radius 3 is 2.50 bits per heavy atom. The number of rotatable bonds is 8. The largest absolute Gasteiger partial charge is 0.468 e. The van der Waals surface area contributed by atoms with Crippen molar-refractivity contribution in [1.82, 2.24) is 5.32 Å². The standard InChI is InChI=1S/C12H25NO2S/c1-10(2)6-8-16-9-7-12(3,13-4)11(14)15-5/h10,13H,6-9H2,1-5H3. The minimum atomic E-state index is -0.542. The third-order valence-corrected chi connectivity index (χ3v) is 3.79. The smallest absolute Gasteiger partial charge is 0.325 e. The van der Waals surface area contributed by atoms with E-state index in [1.54, 1.807) is 7.05 Å². The fourth-order valence-corrected chi connectivity index (χ4v) is 2.65. The van der Waals surface area contributed by atoms with Gasteiger partial charge in [0.2, 0.25) is 0 Å². The molecule has 0 aromatic rings. The van der Waals surface area contributed by atoms with E-state index < -0.39 is 5.54 Å². The van der Waals surface area contributed by atoms with Gasteiger partial charge in [-0.2, -0.15) is 11.8 Å². The zero-order valence-corrected chi connectivity index (χ0v) is 11.9. The van der Waals surface area contributed by atoms with Crippen molar-refractivity contribution in [2.45, 2.75) is 39.2 Å². The number of carbonyl (C=O) groups excluding carboxylic acids is 1. The molecule has 0 radical (unpaired) electrons. The van der Waals surface area contributed by atoms with Crippen LogP contribution in [-0.2, 0) is 9.53 Å². The predicted octanol–water partition coefficient (Wildman–Crippen LogP) is 2.31. The summed E-state index contributed by atoms with van der Waals surface area (Å²) in [5.74, 6) is 2.72. The van der Waals surface area contributed by atoms with Gasteiger partial charge in [0.05, 0.1) is 7.11 Å². The van der Waals surface area contributed by atoms with E-state index in [2.05, 4.69) is 19.2 Å². The molecule has 0 bridgehead atoms. The highest BCUT2D eigenvalue weighted by Crippen LogP contribution is 2.17. The van der Waals surface area contributed by atoms with Crippen LogP contribution < -0.4 is 5.32 Å². The Bertz CT molecular complexity index is 209. The summed E-state index contributed by atoms with van der Waals surface area (Å²) in [6, 6.07) is 0. The van der Waals surface area contributed by atoms with Gasteiger partial charge in [0, 0.05) is 0 Å². The molecule has 0 aliphatic rings. The van der Waals surface area contributed by atoms with Crippen molar-refractivity contribution >= 4 is 17.7 Å². The molecule has 1 atom stereocenters. The Balaban J connectivity index is 3.83. The summed E-state index contributed by atoms with van der Waals surface area (Å²) in [6.45, 7) is 6.35. The summed E-state index contributed by atoms with van der Waals surface area (Å²) >= 11 is 1.90. The number of likely N-dealkylation sites (N-methyl/N-ethyl adjacent to an activating group) is 1. The molecule has 0 saturated heterocycles. The summed E-state index contributed by atoms with van der Waals surface area (Å²) in [5, 5.41) is 3.04. The van der Waals surface area contributed by atoms with Gasteiger partial charge in [0.25, 0.3) is 0 Å².